The second kappa shape index (κ2) is 4.40. The summed E-state index contributed by atoms with van der Waals surface area (Å²) in [6.45, 7) is 3.45. The average molecular weight is 213 g/mol. The van der Waals surface area contributed by atoms with Crippen molar-refractivity contribution in [3.05, 3.63) is 0 Å². The molecule has 15 heavy (non-hydrogen) atoms. The first-order valence-corrected chi connectivity index (χ1v) is 6.28. The van der Waals surface area contributed by atoms with Gasteiger partial charge in [-0.3, -0.25) is 0 Å². The molecule has 1 atom stereocenters. The van der Waals surface area contributed by atoms with Crippen LogP contribution in [0, 0.1) is 0 Å². The van der Waals surface area contributed by atoms with Gasteiger partial charge in [-0.2, -0.15) is 0 Å². The maximum Gasteiger partial charge on any atom is 0.169 e. The summed E-state index contributed by atoms with van der Waals surface area (Å²) < 4.78 is 12.2. The summed E-state index contributed by atoms with van der Waals surface area (Å²) in [5, 5.41) is 0. The average Bonchev–Trinajstić information content (AvgIpc) is 2.60. The summed E-state index contributed by atoms with van der Waals surface area (Å²) in [5.74, 6) is -0.271. The van der Waals surface area contributed by atoms with E-state index in [0.29, 0.717) is 13.2 Å². The summed E-state index contributed by atoms with van der Waals surface area (Å²) in [4.78, 5) is 0. The zero-order chi connectivity index (χ0) is 10.8. The van der Waals surface area contributed by atoms with Crippen LogP contribution < -0.4 is 5.73 Å². The van der Waals surface area contributed by atoms with Crippen LogP contribution in [0.1, 0.15) is 51.9 Å². The SMILES string of the molecule is CCCC1(CN)COC2(CCCCC2)O1. The molecule has 2 rings (SSSR count). The Morgan fingerprint density at radius 3 is 2.53 bits per heavy atom. The molecule has 2 fully saturated rings. The van der Waals surface area contributed by atoms with Crippen LogP contribution in [0.15, 0.2) is 0 Å². The fourth-order valence-corrected chi connectivity index (χ4v) is 2.83. The van der Waals surface area contributed by atoms with Crippen molar-refractivity contribution in [3.63, 3.8) is 0 Å². The molecule has 2 aliphatic rings. The number of hydrogen-bond donors (Lipinski definition) is 1. The Kier molecular flexibility index (Phi) is 3.33. The Morgan fingerprint density at radius 2 is 1.93 bits per heavy atom. The molecule has 0 bridgehead atoms. The molecule has 3 nitrogen and oxygen atoms in total. The van der Waals surface area contributed by atoms with Crippen LogP contribution in [0.25, 0.3) is 0 Å². The summed E-state index contributed by atoms with van der Waals surface area (Å²) >= 11 is 0. The zero-order valence-corrected chi connectivity index (χ0v) is 9.76. The molecule has 2 N–H and O–H groups in total. The minimum Gasteiger partial charge on any atom is -0.347 e. The third-order valence-electron chi connectivity index (χ3n) is 3.69. The number of rotatable bonds is 3. The van der Waals surface area contributed by atoms with Gasteiger partial charge in [-0.15, -0.1) is 0 Å². The zero-order valence-electron chi connectivity index (χ0n) is 9.76. The molecule has 0 radical (unpaired) electrons. The van der Waals surface area contributed by atoms with Crippen molar-refractivity contribution in [2.75, 3.05) is 13.2 Å². The van der Waals surface area contributed by atoms with Crippen molar-refractivity contribution in [1.29, 1.82) is 0 Å². The highest BCUT2D eigenvalue weighted by Crippen LogP contribution is 2.42. The van der Waals surface area contributed by atoms with E-state index in [1.54, 1.807) is 0 Å². The van der Waals surface area contributed by atoms with Crippen molar-refractivity contribution in [1.82, 2.24) is 0 Å². The number of hydrogen-bond acceptors (Lipinski definition) is 3. The van der Waals surface area contributed by atoms with Crippen LogP contribution in [0.5, 0.6) is 0 Å². The molecule has 1 saturated heterocycles. The Labute approximate surface area is 92.3 Å². The maximum atomic E-state index is 6.22. The Morgan fingerprint density at radius 1 is 1.20 bits per heavy atom. The van der Waals surface area contributed by atoms with Crippen LogP contribution >= 0.6 is 0 Å². The number of ether oxygens (including phenoxy) is 2. The molecule has 3 heteroatoms. The van der Waals surface area contributed by atoms with Gasteiger partial charge in [0.2, 0.25) is 0 Å². The van der Waals surface area contributed by atoms with Crippen molar-refractivity contribution in [2.24, 2.45) is 5.73 Å². The third kappa shape index (κ3) is 2.19. The Balaban J connectivity index is 2.02. The van der Waals surface area contributed by atoms with E-state index < -0.39 is 0 Å². The summed E-state index contributed by atoms with van der Waals surface area (Å²) in [6.07, 6.45) is 8.01. The predicted octanol–water partition coefficient (Wildman–Crippen LogP) is 2.19. The van der Waals surface area contributed by atoms with E-state index in [4.69, 9.17) is 15.2 Å². The highest BCUT2D eigenvalue weighted by molar-refractivity contribution is 4.92. The maximum absolute atomic E-state index is 6.22. The highest BCUT2D eigenvalue weighted by Gasteiger charge is 2.49. The molecular weight excluding hydrogens is 190 g/mol. The molecule has 1 aliphatic carbocycles. The van der Waals surface area contributed by atoms with Crippen LogP contribution in [0.3, 0.4) is 0 Å². The van der Waals surface area contributed by atoms with E-state index in [0.717, 1.165) is 25.7 Å². The lowest BCUT2D eigenvalue weighted by atomic mass is 9.93. The van der Waals surface area contributed by atoms with Gasteiger partial charge < -0.3 is 15.2 Å². The van der Waals surface area contributed by atoms with E-state index in [1.807, 2.05) is 0 Å². The minimum absolute atomic E-state index is 0.188. The van der Waals surface area contributed by atoms with Crippen molar-refractivity contribution in [3.8, 4) is 0 Å². The Bertz CT molecular complexity index is 204. The van der Waals surface area contributed by atoms with E-state index in [1.165, 1.54) is 19.3 Å². The predicted molar refractivity (Wildman–Crippen MR) is 59.5 cm³/mol. The quantitative estimate of drug-likeness (QED) is 0.781. The molecule has 0 amide bonds. The lowest BCUT2D eigenvalue weighted by Crippen LogP contribution is -2.43. The van der Waals surface area contributed by atoms with Crippen molar-refractivity contribution < 1.29 is 9.47 Å². The molecular formula is C12H23NO2. The lowest BCUT2D eigenvalue weighted by Gasteiger charge is -2.34. The molecule has 0 aromatic heterocycles. The van der Waals surface area contributed by atoms with Gasteiger partial charge in [-0.05, 0) is 19.3 Å². The van der Waals surface area contributed by atoms with Gasteiger partial charge in [0.05, 0.1) is 6.61 Å². The summed E-state index contributed by atoms with van der Waals surface area (Å²) in [5.41, 5.74) is 5.65. The lowest BCUT2D eigenvalue weighted by molar-refractivity contribution is -0.204. The normalized spacial score (nSPS) is 34.8. The van der Waals surface area contributed by atoms with Gasteiger partial charge in [0, 0.05) is 19.4 Å². The van der Waals surface area contributed by atoms with Gasteiger partial charge in [-0.1, -0.05) is 19.8 Å². The summed E-state index contributed by atoms with van der Waals surface area (Å²) in [7, 11) is 0. The topological polar surface area (TPSA) is 44.5 Å². The number of nitrogens with two attached hydrogens (primary N) is 1. The molecule has 1 unspecified atom stereocenters. The summed E-state index contributed by atoms with van der Waals surface area (Å²) in [6, 6.07) is 0. The first-order valence-electron chi connectivity index (χ1n) is 6.28. The second-order valence-electron chi connectivity index (χ2n) is 5.00. The van der Waals surface area contributed by atoms with E-state index in [-0.39, 0.29) is 11.4 Å². The molecule has 1 heterocycles. The van der Waals surface area contributed by atoms with Crippen LogP contribution in [-0.2, 0) is 9.47 Å². The smallest absolute Gasteiger partial charge is 0.169 e. The van der Waals surface area contributed by atoms with Crippen molar-refractivity contribution in [2.45, 2.75) is 63.3 Å². The molecule has 1 spiro atoms. The van der Waals surface area contributed by atoms with Gasteiger partial charge in [0.25, 0.3) is 0 Å². The van der Waals surface area contributed by atoms with Crippen LogP contribution in [0.2, 0.25) is 0 Å². The molecule has 0 aromatic rings. The van der Waals surface area contributed by atoms with E-state index in [9.17, 15) is 0 Å². The largest absolute Gasteiger partial charge is 0.347 e. The molecule has 1 saturated carbocycles. The van der Waals surface area contributed by atoms with E-state index >= 15 is 0 Å². The fraction of sp³-hybridized carbons (Fsp3) is 1.00. The van der Waals surface area contributed by atoms with Gasteiger partial charge in [0.15, 0.2) is 5.79 Å². The molecule has 1 aliphatic heterocycles. The molecule has 88 valence electrons. The fourth-order valence-electron chi connectivity index (χ4n) is 2.83. The van der Waals surface area contributed by atoms with Crippen molar-refractivity contribution >= 4 is 0 Å². The van der Waals surface area contributed by atoms with Crippen LogP contribution in [-0.4, -0.2) is 24.5 Å². The van der Waals surface area contributed by atoms with Crippen LogP contribution in [0.4, 0.5) is 0 Å². The van der Waals surface area contributed by atoms with Gasteiger partial charge in [0.1, 0.15) is 5.60 Å². The second-order valence-corrected chi connectivity index (χ2v) is 5.00. The standard InChI is InChI=1S/C12H23NO2/c1-2-6-11(9-13)10-14-12(15-11)7-4-3-5-8-12/h2-10,13H2,1H3. The minimum atomic E-state index is -0.271. The highest BCUT2D eigenvalue weighted by atomic mass is 16.8. The van der Waals surface area contributed by atoms with E-state index in [2.05, 4.69) is 6.92 Å². The monoisotopic (exact) mass is 213 g/mol. The first kappa shape index (κ1) is 11.4. The Hall–Kier alpha value is -0.120. The first-order chi connectivity index (χ1) is 7.24. The third-order valence-corrected chi connectivity index (χ3v) is 3.69. The molecule has 0 aromatic carbocycles. The van der Waals surface area contributed by atoms with Gasteiger partial charge in [-0.25, -0.2) is 0 Å². The van der Waals surface area contributed by atoms with Gasteiger partial charge >= 0.3 is 0 Å².